The highest BCUT2D eigenvalue weighted by Crippen LogP contribution is 2.39. The Morgan fingerprint density at radius 3 is 2.38 bits per heavy atom. The summed E-state index contributed by atoms with van der Waals surface area (Å²) in [5.74, 6) is 1.54. The Morgan fingerprint density at radius 1 is 1.05 bits per heavy atom. The molecule has 0 bridgehead atoms. The molecule has 0 radical (unpaired) electrons. The first kappa shape index (κ1) is 17.3. The van der Waals surface area contributed by atoms with Gasteiger partial charge >= 0.3 is 0 Å². The molecule has 0 aromatic carbocycles. The Kier molecular flexibility index (Phi) is 5.76. The molecular weight excluding hydrogens is 258 g/mol. The van der Waals surface area contributed by atoms with E-state index in [1.807, 2.05) is 0 Å². The number of rotatable bonds is 4. The normalized spacial score (nSPS) is 38.4. The number of ether oxygens (including phenoxy) is 1. The van der Waals surface area contributed by atoms with Crippen molar-refractivity contribution in [2.45, 2.75) is 103 Å². The summed E-state index contributed by atoms with van der Waals surface area (Å²) in [5, 5.41) is 3.73. The maximum Gasteiger partial charge on any atom is 0.0812 e. The van der Waals surface area contributed by atoms with E-state index in [4.69, 9.17) is 4.74 Å². The summed E-state index contributed by atoms with van der Waals surface area (Å²) in [7, 11) is 0. The second kappa shape index (κ2) is 7.00. The first-order valence-corrected chi connectivity index (χ1v) is 9.23. The van der Waals surface area contributed by atoms with Crippen molar-refractivity contribution in [1.82, 2.24) is 5.32 Å². The van der Waals surface area contributed by atoms with Crippen molar-refractivity contribution in [2.75, 3.05) is 6.54 Å². The lowest BCUT2D eigenvalue weighted by Crippen LogP contribution is -2.53. The molecule has 0 aliphatic heterocycles. The standard InChI is InChI=1S/C19H37NO/c1-15-9-8-12-19(13-15,14-20-18(3,4)5)21-17-11-7-6-10-16(17)2/h15-17,20H,6-14H2,1-5H3. The number of nitrogens with one attached hydrogen (secondary N) is 1. The smallest absolute Gasteiger partial charge is 0.0812 e. The summed E-state index contributed by atoms with van der Waals surface area (Å²) in [6.07, 6.45) is 11.0. The summed E-state index contributed by atoms with van der Waals surface area (Å²) in [5.41, 5.74) is 0.260. The first-order chi connectivity index (χ1) is 9.80. The summed E-state index contributed by atoms with van der Waals surface area (Å²) in [4.78, 5) is 0. The van der Waals surface area contributed by atoms with Crippen LogP contribution in [0.1, 0.15) is 86.0 Å². The molecule has 4 atom stereocenters. The van der Waals surface area contributed by atoms with Crippen LogP contribution in [0.15, 0.2) is 0 Å². The van der Waals surface area contributed by atoms with E-state index in [1.54, 1.807) is 0 Å². The largest absolute Gasteiger partial charge is 0.370 e. The Morgan fingerprint density at radius 2 is 1.76 bits per heavy atom. The van der Waals surface area contributed by atoms with E-state index in [1.165, 1.54) is 51.4 Å². The highest BCUT2D eigenvalue weighted by atomic mass is 16.5. The molecule has 0 saturated heterocycles. The van der Waals surface area contributed by atoms with Gasteiger partial charge in [0.1, 0.15) is 0 Å². The van der Waals surface area contributed by atoms with Gasteiger partial charge in [0.2, 0.25) is 0 Å². The van der Waals surface area contributed by atoms with Crippen molar-refractivity contribution < 1.29 is 4.74 Å². The molecule has 2 aliphatic rings. The third-order valence-electron chi connectivity index (χ3n) is 5.42. The molecule has 21 heavy (non-hydrogen) atoms. The Balaban J connectivity index is 2.03. The molecule has 0 aromatic rings. The van der Waals surface area contributed by atoms with E-state index < -0.39 is 0 Å². The molecule has 1 N–H and O–H groups in total. The zero-order chi connectivity index (χ0) is 15.5. The van der Waals surface area contributed by atoms with Gasteiger partial charge in [-0.25, -0.2) is 0 Å². The van der Waals surface area contributed by atoms with Crippen molar-refractivity contribution >= 4 is 0 Å². The molecule has 2 nitrogen and oxygen atoms in total. The Hall–Kier alpha value is -0.0800. The molecule has 4 unspecified atom stereocenters. The van der Waals surface area contributed by atoms with Crippen molar-refractivity contribution in [2.24, 2.45) is 11.8 Å². The molecule has 0 heterocycles. The van der Waals surface area contributed by atoms with Crippen LogP contribution in [0.4, 0.5) is 0 Å². The quantitative estimate of drug-likeness (QED) is 0.795. The van der Waals surface area contributed by atoms with Gasteiger partial charge in [0.05, 0.1) is 11.7 Å². The second-order valence-corrected chi connectivity index (χ2v) is 8.91. The van der Waals surface area contributed by atoms with Crippen molar-refractivity contribution in [3.8, 4) is 0 Å². The van der Waals surface area contributed by atoms with Crippen molar-refractivity contribution in [1.29, 1.82) is 0 Å². The molecular formula is C19H37NO. The van der Waals surface area contributed by atoms with Crippen LogP contribution in [0.3, 0.4) is 0 Å². The maximum atomic E-state index is 6.84. The van der Waals surface area contributed by atoms with Gasteiger partial charge in [-0.3, -0.25) is 0 Å². The fourth-order valence-corrected chi connectivity index (χ4v) is 4.13. The lowest BCUT2D eigenvalue weighted by atomic mass is 9.77. The van der Waals surface area contributed by atoms with Crippen molar-refractivity contribution in [3.05, 3.63) is 0 Å². The monoisotopic (exact) mass is 295 g/mol. The highest BCUT2D eigenvalue weighted by Gasteiger charge is 2.40. The van der Waals surface area contributed by atoms with Crippen LogP contribution >= 0.6 is 0 Å². The van der Waals surface area contributed by atoms with Gasteiger partial charge in [-0.05, 0) is 58.3 Å². The topological polar surface area (TPSA) is 21.3 Å². The average Bonchev–Trinajstić information content (AvgIpc) is 2.39. The van der Waals surface area contributed by atoms with Gasteiger partial charge in [-0.15, -0.1) is 0 Å². The lowest BCUT2D eigenvalue weighted by Gasteiger charge is -2.46. The van der Waals surface area contributed by atoms with Gasteiger partial charge in [-0.1, -0.05) is 39.5 Å². The molecule has 0 spiro atoms. The Labute approximate surface area is 132 Å². The van der Waals surface area contributed by atoms with Crippen molar-refractivity contribution in [3.63, 3.8) is 0 Å². The van der Waals surface area contributed by atoms with Crippen LogP contribution in [0, 0.1) is 11.8 Å². The molecule has 2 heteroatoms. The minimum Gasteiger partial charge on any atom is -0.370 e. The number of hydrogen-bond donors (Lipinski definition) is 1. The molecule has 124 valence electrons. The van der Waals surface area contributed by atoms with E-state index in [-0.39, 0.29) is 11.1 Å². The van der Waals surface area contributed by atoms with Gasteiger partial charge in [0, 0.05) is 12.1 Å². The van der Waals surface area contributed by atoms with Crippen LogP contribution in [0.2, 0.25) is 0 Å². The van der Waals surface area contributed by atoms with Crippen LogP contribution in [-0.2, 0) is 4.74 Å². The molecule has 2 aliphatic carbocycles. The van der Waals surface area contributed by atoms with E-state index >= 15 is 0 Å². The lowest BCUT2D eigenvalue weighted by molar-refractivity contribution is -0.146. The van der Waals surface area contributed by atoms with E-state index in [9.17, 15) is 0 Å². The summed E-state index contributed by atoms with van der Waals surface area (Å²) < 4.78 is 6.84. The summed E-state index contributed by atoms with van der Waals surface area (Å²) in [6.45, 7) is 12.6. The van der Waals surface area contributed by atoms with Crippen LogP contribution in [-0.4, -0.2) is 23.8 Å². The fraction of sp³-hybridized carbons (Fsp3) is 1.00. The van der Waals surface area contributed by atoms with E-state index in [2.05, 4.69) is 39.9 Å². The molecule has 0 aromatic heterocycles. The summed E-state index contributed by atoms with van der Waals surface area (Å²) in [6, 6.07) is 0. The van der Waals surface area contributed by atoms with Crippen LogP contribution in [0.5, 0.6) is 0 Å². The summed E-state index contributed by atoms with van der Waals surface area (Å²) >= 11 is 0. The zero-order valence-corrected chi connectivity index (χ0v) is 15.0. The zero-order valence-electron chi connectivity index (χ0n) is 15.0. The van der Waals surface area contributed by atoms with Crippen LogP contribution < -0.4 is 5.32 Å². The highest BCUT2D eigenvalue weighted by molar-refractivity contribution is 4.93. The molecule has 2 fully saturated rings. The predicted octanol–water partition coefficient (Wildman–Crippen LogP) is 4.92. The fourth-order valence-electron chi connectivity index (χ4n) is 4.13. The van der Waals surface area contributed by atoms with Crippen LogP contribution in [0.25, 0.3) is 0 Å². The van der Waals surface area contributed by atoms with Gasteiger partial charge in [-0.2, -0.15) is 0 Å². The third-order valence-corrected chi connectivity index (χ3v) is 5.42. The molecule has 2 saturated carbocycles. The maximum absolute atomic E-state index is 6.84. The molecule has 0 amide bonds. The minimum atomic E-state index is 0.0845. The minimum absolute atomic E-state index is 0.0845. The SMILES string of the molecule is CC1CCCC(CNC(C)(C)C)(OC2CCCCC2C)C1. The number of hydrogen-bond acceptors (Lipinski definition) is 2. The predicted molar refractivity (Wildman–Crippen MR) is 90.6 cm³/mol. The van der Waals surface area contributed by atoms with Gasteiger partial charge in [0.25, 0.3) is 0 Å². The molecule has 2 rings (SSSR count). The average molecular weight is 296 g/mol. The van der Waals surface area contributed by atoms with Gasteiger partial charge < -0.3 is 10.1 Å². The first-order valence-electron chi connectivity index (χ1n) is 9.23. The second-order valence-electron chi connectivity index (χ2n) is 8.91. The third kappa shape index (κ3) is 5.25. The Bertz CT molecular complexity index is 322. The van der Waals surface area contributed by atoms with E-state index in [0.29, 0.717) is 6.10 Å². The van der Waals surface area contributed by atoms with E-state index in [0.717, 1.165) is 18.4 Å². The van der Waals surface area contributed by atoms with Gasteiger partial charge in [0.15, 0.2) is 0 Å².